The minimum absolute atomic E-state index is 0. The lowest BCUT2D eigenvalue weighted by molar-refractivity contribution is 0.518. The van der Waals surface area contributed by atoms with Gasteiger partial charge in [-0.15, -0.1) is 36.2 Å². The van der Waals surface area contributed by atoms with Gasteiger partial charge in [0.1, 0.15) is 10.9 Å². The molecule has 0 aliphatic rings. The SMILES string of the molecule is Cc1c([C@H](C)N)sc2c(NCc3ccco3)cc(Cl)nc12.Cl.Cl. The molecule has 8 heteroatoms. The van der Waals surface area contributed by atoms with Gasteiger partial charge in [-0.1, -0.05) is 11.6 Å². The number of nitrogens with one attached hydrogen (secondary N) is 1. The molecule has 0 aliphatic carbocycles. The van der Waals surface area contributed by atoms with Crippen molar-refractivity contribution in [1.29, 1.82) is 0 Å². The zero-order valence-electron chi connectivity index (χ0n) is 12.6. The highest BCUT2D eigenvalue weighted by molar-refractivity contribution is 7.20. The third-order valence-corrected chi connectivity index (χ3v) is 5.03. The summed E-state index contributed by atoms with van der Waals surface area (Å²) in [6.45, 7) is 4.62. The quantitative estimate of drug-likeness (QED) is 0.587. The van der Waals surface area contributed by atoms with Gasteiger partial charge in [0.05, 0.1) is 28.7 Å². The number of anilines is 1. The molecule has 0 aliphatic heterocycles. The van der Waals surface area contributed by atoms with Crippen molar-refractivity contribution >= 4 is 63.7 Å². The van der Waals surface area contributed by atoms with E-state index >= 15 is 0 Å². The fraction of sp³-hybridized carbons (Fsp3) is 0.267. The van der Waals surface area contributed by atoms with E-state index < -0.39 is 0 Å². The van der Waals surface area contributed by atoms with E-state index in [4.69, 9.17) is 21.8 Å². The fourth-order valence-electron chi connectivity index (χ4n) is 2.32. The van der Waals surface area contributed by atoms with Crippen molar-refractivity contribution in [2.75, 3.05) is 5.32 Å². The van der Waals surface area contributed by atoms with Gasteiger partial charge in [0.2, 0.25) is 0 Å². The molecule has 0 unspecified atom stereocenters. The second kappa shape index (κ2) is 8.22. The van der Waals surface area contributed by atoms with Gasteiger partial charge >= 0.3 is 0 Å². The molecule has 0 saturated carbocycles. The topological polar surface area (TPSA) is 64.1 Å². The normalized spacial score (nSPS) is 11.7. The van der Waals surface area contributed by atoms with Crippen LogP contribution in [0.15, 0.2) is 28.9 Å². The van der Waals surface area contributed by atoms with Crippen molar-refractivity contribution in [3.05, 3.63) is 45.8 Å². The van der Waals surface area contributed by atoms with E-state index in [1.807, 2.05) is 32.0 Å². The second-order valence-corrected chi connectivity index (χ2v) is 6.42. The largest absolute Gasteiger partial charge is 0.467 e. The van der Waals surface area contributed by atoms with Crippen LogP contribution < -0.4 is 11.1 Å². The number of nitrogens with zero attached hydrogens (tertiary/aromatic N) is 1. The molecule has 3 rings (SSSR count). The molecule has 0 amide bonds. The van der Waals surface area contributed by atoms with E-state index in [0.29, 0.717) is 11.7 Å². The molecular weight excluding hydrogens is 377 g/mol. The highest BCUT2D eigenvalue weighted by Gasteiger charge is 2.16. The lowest BCUT2D eigenvalue weighted by atomic mass is 10.1. The van der Waals surface area contributed by atoms with Crippen LogP contribution in [0.1, 0.15) is 29.2 Å². The molecule has 3 N–H and O–H groups in total. The van der Waals surface area contributed by atoms with Gasteiger partial charge in [0, 0.05) is 17.0 Å². The maximum atomic E-state index is 6.14. The van der Waals surface area contributed by atoms with Crippen LogP contribution in [-0.2, 0) is 6.54 Å². The molecule has 1 atom stereocenters. The molecule has 0 aromatic carbocycles. The molecule has 0 fully saturated rings. The number of pyridine rings is 1. The summed E-state index contributed by atoms with van der Waals surface area (Å²) in [5.74, 6) is 0.872. The number of halogens is 3. The molecule has 4 nitrogen and oxygen atoms in total. The van der Waals surface area contributed by atoms with Gasteiger partial charge < -0.3 is 15.5 Å². The van der Waals surface area contributed by atoms with E-state index in [9.17, 15) is 0 Å². The van der Waals surface area contributed by atoms with E-state index in [2.05, 4.69) is 10.3 Å². The van der Waals surface area contributed by atoms with Crippen molar-refractivity contribution in [2.24, 2.45) is 5.73 Å². The molecule has 0 spiro atoms. The van der Waals surface area contributed by atoms with Crippen molar-refractivity contribution < 1.29 is 4.42 Å². The van der Waals surface area contributed by atoms with Crippen LogP contribution in [0.5, 0.6) is 0 Å². The molecular formula is C15H18Cl3N3OS. The predicted octanol–water partition coefficient (Wildman–Crippen LogP) is 5.33. The van der Waals surface area contributed by atoms with Crippen LogP contribution in [-0.4, -0.2) is 4.98 Å². The van der Waals surface area contributed by atoms with Crippen LogP contribution in [0.3, 0.4) is 0 Å². The first-order chi connectivity index (χ1) is 10.1. The van der Waals surface area contributed by atoms with Crippen molar-refractivity contribution in [1.82, 2.24) is 4.98 Å². The summed E-state index contributed by atoms with van der Waals surface area (Å²) < 4.78 is 6.42. The number of nitrogens with two attached hydrogens (primary N) is 1. The standard InChI is InChI=1S/C15H16ClN3OS.2ClH/c1-8-13-15(21-14(8)9(2)17)11(6-12(16)19-13)18-7-10-4-3-5-20-10;;/h3-6,9H,7,17H2,1-2H3,(H,18,19);2*1H/t9-;;/m0../s1. The third-order valence-electron chi connectivity index (χ3n) is 3.33. The number of aromatic nitrogens is 1. The third kappa shape index (κ3) is 4.11. The van der Waals surface area contributed by atoms with Crippen molar-refractivity contribution in [3.8, 4) is 0 Å². The Labute approximate surface area is 156 Å². The van der Waals surface area contributed by atoms with Crippen LogP contribution >= 0.6 is 47.8 Å². The average molecular weight is 395 g/mol. The molecule has 126 valence electrons. The summed E-state index contributed by atoms with van der Waals surface area (Å²) in [6.07, 6.45) is 1.66. The maximum absolute atomic E-state index is 6.14. The minimum atomic E-state index is -0.0131. The second-order valence-electron chi connectivity index (χ2n) is 4.98. The molecule has 0 radical (unpaired) electrons. The number of hydrogen-bond donors (Lipinski definition) is 2. The zero-order chi connectivity index (χ0) is 15.0. The Balaban J connectivity index is 0.00000132. The number of thiophene rings is 1. The van der Waals surface area contributed by atoms with Crippen LogP contribution in [0.25, 0.3) is 10.2 Å². The smallest absolute Gasteiger partial charge is 0.131 e. The van der Waals surface area contributed by atoms with E-state index in [1.165, 1.54) is 0 Å². The first-order valence-corrected chi connectivity index (χ1v) is 7.87. The van der Waals surface area contributed by atoms with Crippen molar-refractivity contribution in [2.45, 2.75) is 26.4 Å². The Hall–Kier alpha value is -0.980. The molecule has 0 bridgehead atoms. The number of hydrogen-bond acceptors (Lipinski definition) is 5. The molecule has 23 heavy (non-hydrogen) atoms. The van der Waals surface area contributed by atoms with Gasteiger partial charge in [0.15, 0.2) is 0 Å². The van der Waals surface area contributed by atoms with Crippen LogP contribution in [0.2, 0.25) is 5.15 Å². The zero-order valence-corrected chi connectivity index (χ0v) is 15.8. The lowest BCUT2D eigenvalue weighted by Crippen LogP contribution is -2.03. The number of furan rings is 1. The van der Waals surface area contributed by atoms with Crippen LogP contribution in [0.4, 0.5) is 5.69 Å². The Morgan fingerprint density at radius 3 is 2.78 bits per heavy atom. The Morgan fingerprint density at radius 2 is 2.17 bits per heavy atom. The van der Waals surface area contributed by atoms with Gasteiger partial charge in [-0.2, -0.15) is 0 Å². The van der Waals surface area contributed by atoms with E-state index in [-0.39, 0.29) is 30.9 Å². The highest BCUT2D eigenvalue weighted by atomic mass is 35.5. The minimum Gasteiger partial charge on any atom is -0.467 e. The van der Waals surface area contributed by atoms with Gasteiger partial charge in [-0.3, -0.25) is 0 Å². The predicted molar refractivity (Wildman–Crippen MR) is 103 cm³/mol. The Kier molecular flexibility index (Phi) is 7.17. The molecule has 0 saturated heterocycles. The first-order valence-electron chi connectivity index (χ1n) is 6.67. The van der Waals surface area contributed by atoms with Gasteiger partial charge in [-0.25, -0.2) is 4.98 Å². The highest BCUT2D eigenvalue weighted by Crippen LogP contribution is 2.38. The Morgan fingerprint density at radius 1 is 1.43 bits per heavy atom. The lowest BCUT2D eigenvalue weighted by Gasteiger charge is -2.06. The number of fused-ring (bicyclic) bond motifs is 1. The average Bonchev–Trinajstić information content (AvgIpc) is 3.05. The Bertz CT molecular complexity index is 772. The summed E-state index contributed by atoms with van der Waals surface area (Å²) in [5.41, 5.74) is 9.01. The number of rotatable bonds is 4. The summed E-state index contributed by atoms with van der Waals surface area (Å²) in [5, 5.41) is 3.84. The summed E-state index contributed by atoms with van der Waals surface area (Å²) in [7, 11) is 0. The summed E-state index contributed by atoms with van der Waals surface area (Å²) >= 11 is 7.81. The van der Waals surface area contributed by atoms with Crippen LogP contribution in [0, 0.1) is 6.92 Å². The summed E-state index contributed by atoms with van der Waals surface area (Å²) in [4.78, 5) is 5.58. The molecule has 3 aromatic heterocycles. The van der Waals surface area contributed by atoms with E-state index in [0.717, 1.165) is 32.1 Å². The first kappa shape index (κ1) is 20.1. The maximum Gasteiger partial charge on any atom is 0.131 e. The molecule has 3 heterocycles. The van der Waals surface area contributed by atoms with Gasteiger partial charge in [-0.05, 0) is 31.5 Å². The molecule has 3 aromatic rings. The summed E-state index contributed by atoms with van der Waals surface area (Å²) in [6, 6.07) is 5.63. The van der Waals surface area contributed by atoms with E-state index in [1.54, 1.807) is 17.6 Å². The van der Waals surface area contributed by atoms with Gasteiger partial charge in [0.25, 0.3) is 0 Å². The number of aryl methyl sites for hydroxylation is 1. The monoisotopic (exact) mass is 393 g/mol. The fourth-order valence-corrected chi connectivity index (χ4v) is 3.71. The van der Waals surface area contributed by atoms with Crippen molar-refractivity contribution in [3.63, 3.8) is 0 Å².